The van der Waals surface area contributed by atoms with Crippen LogP contribution in [0.1, 0.15) is 47.7 Å². The lowest BCUT2D eigenvalue weighted by atomic mass is 10.0. The highest BCUT2D eigenvalue weighted by molar-refractivity contribution is 6.17. The molecular weight excluding hydrogens is 363 g/mol. The van der Waals surface area contributed by atoms with Crippen LogP contribution in [0.15, 0.2) is 60.7 Å². The van der Waals surface area contributed by atoms with E-state index in [1.807, 2.05) is 18.2 Å². The Hall–Kier alpha value is -3.14. The third kappa shape index (κ3) is 3.63. The maximum atomic E-state index is 14.4. The third-order valence-corrected chi connectivity index (χ3v) is 5.58. The van der Waals surface area contributed by atoms with Crippen LogP contribution in [0.5, 0.6) is 0 Å². The predicted molar refractivity (Wildman–Crippen MR) is 117 cm³/mol. The van der Waals surface area contributed by atoms with Gasteiger partial charge in [0.15, 0.2) is 0 Å². The van der Waals surface area contributed by atoms with Crippen molar-refractivity contribution in [3.8, 4) is 0 Å². The molecule has 3 aromatic carbocycles. The Balaban J connectivity index is 1.94. The molecule has 0 saturated heterocycles. The van der Waals surface area contributed by atoms with Gasteiger partial charge >= 0.3 is 0 Å². The summed E-state index contributed by atoms with van der Waals surface area (Å²) >= 11 is 0. The largest absolute Gasteiger partial charge is 0.366 e. The van der Waals surface area contributed by atoms with E-state index in [4.69, 9.17) is 5.73 Å². The molecular formula is C25H25FN2O. The van der Waals surface area contributed by atoms with Crippen LogP contribution in [-0.4, -0.2) is 10.5 Å². The van der Waals surface area contributed by atoms with Gasteiger partial charge in [0.1, 0.15) is 5.82 Å². The number of unbranched alkanes of at least 4 members (excludes halogenated alkanes) is 2. The lowest BCUT2D eigenvalue weighted by molar-refractivity contribution is 0.100. The highest BCUT2D eigenvalue weighted by Crippen LogP contribution is 2.33. The minimum absolute atomic E-state index is 0.229. The molecule has 0 fully saturated rings. The fourth-order valence-electron chi connectivity index (χ4n) is 4.10. The number of rotatable bonds is 7. The van der Waals surface area contributed by atoms with Crippen LogP contribution in [-0.2, 0) is 13.0 Å². The van der Waals surface area contributed by atoms with E-state index < -0.39 is 5.91 Å². The predicted octanol–water partition coefficient (Wildman–Crippen LogP) is 5.81. The van der Waals surface area contributed by atoms with E-state index in [1.165, 1.54) is 24.5 Å². The van der Waals surface area contributed by atoms with E-state index in [-0.39, 0.29) is 5.82 Å². The summed E-state index contributed by atoms with van der Waals surface area (Å²) in [6, 6.07) is 18.8. The number of halogens is 1. The molecule has 1 aromatic heterocycles. The van der Waals surface area contributed by atoms with Gasteiger partial charge in [-0.3, -0.25) is 4.79 Å². The Morgan fingerprint density at radius 3 is 2.59 bits per heavy atom. The number of hydrogen-bond donors (Lipinski definition) is 1. The van der Waals surface area contributed by atoms with E-state index in [0.717, 1.165) is 34.6 Å². The average molecular weight is 388 g/mol. The van der Waals surface area contributed by atoms with Gasteiger partial charge in [-0.1, -0.05) is 56.2 Å². The van der Waals surface area contributed by atoms with Gasteiger partial charge in [-0.15, -0.1) is 0 Å². The highest BCUT2D eigenvalue weighted by Gasteiger charge is 2.17. The maximum absolute atomic E-state index is 14.4. The summed E-state index contributed by atoms with van der Waals surface area (Å²) in [6.45, 7) is 2.59. The molecule has 4 heteroatoms. The zero-order valence-corrected chi connectivity index (χ0v) is 16.6. The Bertz CT molecular complexity index is 1190. The van der Waals surface area contributed by atoms with E-state index in [2.05, 4.69) is 29.7 Å². The zero-order valence-electron chi connectivity index (χ0n) is 16.6. The molecule has 2 N–H and O–H groups in total. The molecule has 0 atom stereocenters. The van der Waals surface area contributed by atoms with Crippen LogP contribution < -0.4 is 5.73 Å². The summed E-state index contributed by atoms with van der Waals surface area (Å²) in [4.78, 5) is 12.1. The van der Waals surface area contributed by atoms with E-state index in [0.29, 0.717) is 17.7 Å². The van der Waals surface area contributed by atoms with Gasteiger partial charge in [-0.05, 0) is 42.7 Å². The van der Waals surface area contributed by atoms with Crippen molar-refractivity contribution in [2.24, 2.45) is 5.73 Å². The fraction of sp³-hybridized carbons (Fsp3) is 0.240. The van der Waals surface area contributed by atoms with Gasteiger partial charge in [0.25, 0.3) is 0 Å². The van der Waals surface area contributed by atoms with Crippen molar-refractivity contribution >= 4 is 27.7 Å². The summed E-state index contributed by atoms with van der Waals surface area (Å²) < 4.78 is 16.5. The summed E-state index contributed by atoms with van der Waals surface area (Å²) in [5.41, 5.74) is 9.93. The molecule has 0 aliphatic rings. The second-order valence-corrected chi connectivity index (χ2v) is 7.55. The molecule has 4 rings (SSSR count). The molecule has 0 aliphatic carbocycles. The van der Waals surface area contributed by atoms with Gasteiger partial charge in [0.05, 0.1) is 12.1 Å². The molecule has 3 nitrogen and oxygen atoms in total. The van der Waals surface area contributed by atoms with Crippen LogP contribution in [0.3, 0.4) is 0 Å². The number of primary amides is 1. The van der Waals surface area contributed by atoms with E-state index in [1.54, 1.807) is 18.2 Å². The number of nitrogens with zero attached hydrogens (tertiary/aromatic N) is 1. The number of carbonyl (C=O) groups is 1. The van der Waals surface area contributed by atoms with Crippen molar-refractivity contribution < 1.29 is 9.18 Å². The standard InChI is InChI=1S/C25H25FN2O/c1-2-3-4-8-17-13-14-19-23(15-17)28(16-18-9-5-6-11-21(18)26)22-12-7-10-20(24(19)22)25(27)29/h5-7,9-15H,2-4,8,16H2,1H3,(H2,27,29). The smallest absolute Gasteiger partial charge is 0.249 e. The third-order valence-electron chi connectivity index (χ3n) is 5.58. The van der Waals surface area contributed by atoms with Crippen molar-refractivity contribution in [1.29, 1.82) is 0 Å². The first-order valence-corrected chi connectivity index (χ1v) is 10.2. The summed E-state index contributed by atoms with van der Waals surface area (Å²) in [5.74, 6) is -0.680. The molecule has 0 spiro atoms. The topological polar surface area (TPSA) is 48.0 Å². The summed E-state index contributed by atoms with van der Waals surface area (Å²) in [5, 5.41) is 1.82. The van der Waals surface area contributed by atoms with E-state index >= 15 is 0 Å². The zero-order chi connectivity index (χ0) is 20.4. The highest BCUT2D eigenvalue weighted by atomic mass is 19.1. The van der Waals surface area contributed by atoms with E-state index in [9.17, 15) is 9.18 Å². The maximum Gasteiger partial charge on any atom is 0.249 e. The first-order valence-electron chi connectivity index (χ1n) is 10.2. The van der Waals surface area contributed by atoms with Crippen LogP contribution >= 0.6 is 0 Å². The lowest BCUT2D eigenvalue weighted by Gasteiger charge is -2.10. The van der Waals surface area contributed by atoms with Crippen molar-refractivity contribution in [2.45, 2.75) is 39.2 Å². The minimum atomic E-state index is -0.451. The monoisotopic (exact) mass is 388 g/mol. The Morgan fingerprint density at radius 1 is 1.00 bits per heavy atom. The summed E-state index contributed by atoms with van der Waals surface area (Å²) in [6.07, 6.45) is 4.52. The number of hydrogen-bond acceptors (Lipinski definition) is 1. The van der Waals surface area contributed by atoms with Crippen molar-refractivity contribution in [2.75, 3.05) is 0 Å². The quantitative estimate of drug-likeness (QED) is 0.399. The molecule has 0 saturated carbocycles. The normalized spacial score (nSPS) is 11.4. The molecule has 148 valence electrons. The first-order chi connectivity index (χ1) is 14.1. The molecule has 0 aliphatic heterocycles. The summed E-state index contributed by atoms with van der Waals surface area (Å²) in [7, 11) is 0. The van der Waals surface area contributed by atoms with Gasteiger partial charge in [-0.25, -0.2) is 4.39 Å². The van der Waals surface area contributed by atoms with Crippen LogP contribution in [0.4, 0.5) is 4.39 Å². The Labute approximate surface area is 169 Å². The SMILES string of the molecule is CCCCCc1ccc2c3c(C(N)=O)cccc3n(Cc3ccccc3F)c2c1. The van der Waals surface area contributed by atoms with Gasteiger partial charge in [-0.2, -0.15) is 0 Å². The number of benzene rings is 3. The number of fused-ring (bicyclic) bond motifs is 3. The number of aromatic nitrogens is 1. The minimum Gasteiger partial charge on any atom is -0.366 e. The Morgan fingerprint density at radius 2 is 1.83 bits per heavy atom. The molecule has 4 aromatic rings. The van der Waals surface area contributed by atoms with Crippen molar-refractivity contribution in [3.63, 3.8) is 0 Å². The second-order valence-electron chi connectivity index (χ2n) is 7.55. The van der Waals surface area contributed by atoms with Crippen LogP contribution in [0.25, 0.3) is 21.8 Å². The van der Waals surface area contributed by atoms with Crippen molar-refractivity contribution in [1.82, 2.24) is 4.57 Å². The molecule has 0 radical (unpaired) electrons. The fourth-order valence-corrected chi connectivity index (χ4v) is 4.10. The molecule has 1 amide bonds. The number of amides is 1. The molecule has 0 unspecified atom stereocenters. The first kappa shape index (κ1) is 19.2. The Kier molecular flexibility index (Phi) is 5.34. The molecule has 0 bridgehead atoms. The van der Waals surface area contributed by atoms with Gasteiger partial charge < -0.3 is 10.3 Å². The molecule has 1 heterocycles. The lowest BCUT2D eigenvalue weighted by Crippen LogP contribution is -2.11. The molecule has 29 heavy (non-hydrogen) atoms. The van der Waals surface area contributed by atoms with Crippen molar-refractivity contribution in [3.05, 3.63) is 83.2 Å². The van der Waals surface area contributed by atoms with Gasteiger partial charge in [0, 0.05) is 27.4 Å². The average Bonchev–Trinajstić information content (AvgIpc) is 3.03. The van der Waals surface area contributed by atoms with Gasteiger partial charge in [0.2, 0.25) is 5.91 Å². The second kappa shape index (κ2) is 8.08. The number of nitrogens with two attached hydrogens (primary N) is 1. The number of aryl methyl sites for hydroxylation is 1. The van der Waals surface area contributed by atoms with Crippen LogP contribution in [0.2, 0.25) is 0 Å². The number of carbonyl (C=O) groups excluding carboxylic acids is 1. The van der Waals surface area contributed by atoms with Crippen LogP contribution in [0, 0.1) is 5.82 Å².